The molecule has 0 heterocycles. The highest BCUT2D eigenvalue weighted by Crippen LogP contribution is 1.74. The standard InChI is InChI=1S/C5H7NO3/c1-9-5(7)3-2-4-6-8/h2-4,8H,1H3/b3-2-,6-4-. The molecule has 50 valence electrons. The summed E-state index contributed by atoms with van der Waals surface area (Å²) in [5.41, 5.74) is 0. The summed E-state index contributed by atoms with van der Waals surface area (Å²) in [5.74, 6) is -0.477. The molecule has 0 spiro atoms. The topological polar surface area (TPSA) is 58.9 Å². The van der Waals surface area contributed by atoms with Gasteiger partial charge in [-0.25, -0.2) is 4.79 Å². The van der Waals surface area contributed by atoms with Gasteiger partial charge in [-0.3, -0.25) is 0 Å². The first kappa shape index (κ1) is 7.68. The lowest BCUT2D eigenvalue weighted by Gasteiger charge is -1.85. The molecule has 0 saturated carbocycles. The van der Waals surface area contributed by atoms with Gasteiger partial charge in [0, 0.05) is 6.08 Å². The molecule has 0 radical (unpaired) electrons. The Morgan fingerprint density at radius 3 is 2.89 bits per heavy atom. The molecule has 0 atom stereocenters. The SMILES string of the molecule is COC(=O)/C=C\C=N/O. The van der Waals surface area contributed by atoms with Crippen LogP contribution in [0.25, 0.3) is 0 Å². The Labute approximate surface area is 52.4 Å². The smallest absolute Gasteiger partial charge is 0.330 e. The van der Waals surface area contributed by atoms with Crippen LogP contribution in [0.15, 0.2) is 17.3 Å². The van der Waals surface area contributed by atoms with E-state index >= 15 is 0 Å². The molecule has 0 rings (SSSR count). The number of hydrogen-bond donors (Lipinski definition) is 1. The number of carbonyl (C=O) groups excluding carboxylic acids is 1. The molecular formula is C5H7NO3. The van der Waals surface area contributed by atoms with Crippen LogP contribution in [0, 0.1) is 0 Å². The fraction of sp³-hybridized carbons (Fsp3) is 0.200. The average Bonchev–Trinajstić information content (AvgIpc) is 1.89. The van der Waals surface area contributed by atoms with Gasteiger partial charge in [-0.2, -0.15) is 0 Å². The van der Waals surface area contributed by atoms with E-state index in [-0.39, 0.29) is 0 Å². The molecule has 0 aromatic carbocycles. The molecule has 0 saturated heterocycles. The van der Waals surface area contributed by atoms with Gasteiger partial charge in [0.2, 0.25) is 0 Å². The van der Waals surface area contributed by atoms with E-state index in [2.05, 4.69) is 9.89 Å². The number of allylic oxidation sites excluding steroid dienone is 1. The Morgan fingerprint density at radius 1 is 1.78 bits per heavy atom. The van der Waals surface area contributed by atoms with Crippen LogP contribution in [0.2, 0.25) is 0 Å². The number of nitrogens with zero attached hydrogens (tertiary/aromatic N) is 1. The summed E-state index contributed by atoms with van der Waals surface area (Å²) in [6.45, 7) is 0. The van der Waals surface area contributed by atoms with E-state index in [9.17, 15) is 4.79 Å². The van der Waals surface area contributed by atoms with Crippen LogP contribution >= 0.6 is 0 Å². The largest absolute Gasteiger partial charge is 0.466 e. The van der Waals surface area contributed by atoms with E-state index in [1.54, 1.807) is 0 Å². The van der Waals surface area contributed by atoms with Crippen molar-refractivity contribution in [1.29, 1.82) is 0 Å². The Balaban J connectivity index is 3.57. The van der Waals surface area contributed by atoms with Crippen molar-refractivity contribution in [3.05, 3.63) is 12.2 Å². The second-order valence-electron chi connectivity index (χ2n) is 1.15. The Bertz CT molecular complexity index is 139. The van der Waals surface area contributed by atoms with E-state index in [4.69, 9.17) is 5.21 Å². The van der Waals surface area contributed by atoms with E-state index in [1.807, 2.05) is 0 Å². The van der Waals surface area contributed by atoms with Gasteiger partial charge in [-0.15, -0.1) is 0 Å². The van der Waals surface area contributed by atoms with Gasteiger partial charge in [-0.05, 0) is 6.08 Å². The first-order valence-electron chi connectivity index (χ1n) is 2.23. The molecule has 0 aliphatic carbocycles. The third-order valence-electron chi connectivity index (χ3n) is 0.586. The molecular weight excluding hydrogens is 122 g/mol. The molecule has 0 aromatic heterocycles. The highest BCUT2D eigenvalue weighted by molar-refractivity contribution is 5.87. The van der Waals surface area contributed by atoms with E-state index < -0.39 is 5.97 Å². The van der Waals surface area contributed by atoms with Crippen molar-refractivity contribution in [3.63, 3.8) is 0 Å². The van der Waals surface area contributed by atoms with Crippen molar-refractivity contribution in [3.8, 4) is 0 Å². The molecule has 4 heteroatoms. The van der Waals surface area contributed by atoms with Crippen molar-refractivity contribution in [1.82, 2.24) is 0 Å². The fourth-order valence-electron chi connectivity index (χ4n) is 0.228. The number of esters is 1. The fourth-order valence-corrected chi connectivity index (χ4v) is 0.228. The van der Waals surface area contributed by atoms with Crippen molar-refractivity contribution in [2.75, 3.05) is 7.11 Å². The second-order valence-corrected chi connectivity index (χ2v) is 1.15. The first-order chi connectivity index (χ1) is 4.31. The average molecular weight is 129 g/mol. The minimum atomic E-state index is -0.477. The van der Waals surface area contributed by atoms with E-state index in [1.165, 1.54) is 13.2 Å². The number of methoxy groups -OCH3 is 1. The third kappa shape index (κ3) is 4.53. The van der Waals surface area contributed by atoms with Crippen molar-refractivity contribution < 1.29 is 14.7 Å². The summed E-state index contributed by atoms with van der Waals surface area (Å²) in [7, 11) is 1.27. The highest BCUT2D eigenvalue weighted by atomic mass is 16.5. The van der Waals surface area contributed by atoms with Gasteiger partial charge in [0.25, 0.3) is 0 Å². The Morgan fingerprint density at radius 2 is 2.44 bits per heavy atom. The predicted molar refractivity (Wildman–Crippen MR) is 31.4 cm³/mol. The molecule has 0 aliphatic heterocycles. The van der Waals surface area contributed by atoms with Gasteiger partial charge in [0.15, 0.2) is 0 Å². The molecule has 0 unspecified atom stereocenters. The van der Waals surface area contributed by atoms with Crippen molar-refractivity contribution in [2.45, 2.75) is 0 Å². The molecule has 9 heavy (non-hydrogen) atoms. The summed E-state index contributed by atoms with van der Waals surface area (Å²) >= 11 is 0. The summed E-state index contributed by atoms with van der Waals surface area (Å²) in [6.07, 6.45) is 3.47. The minimum Gasteiger partial charge on any atom is -0.466 e. The van der Waals surface area contributed by atoms with Crippen LogP contribution in [0.3, 0.4) is 0 Å². The molecule has 0 bridgehead atoms. The van der Waals surface area contributed by atoms with Gasteiger partial charge in [-0.1, -0.05) is 5.16 Å². The Hall–Kier alpha value is -1.32. The minimum absolute atomic E-state index is 0.477. The van der Waals surface area contributed by atoms with Crippen LogP contribution in [-0.4, -0.2) is 24.5 Å². The summed E-state index contributed by atoms with van der Waals surface area (Å²) in [5, 5.41) is 10.4. The number of hydrogen-bond acceptors (Lipinski definition) is 4. The maximum absolute atomic E-state index is 10.2. The monoisotopic (exact) mass is 129 g/mol. The van der Waals surface area contributed by atoms with Gasteiger partial charge < -0.3 is 9.94 Å². The maximum atomic E-state index is 10.2. The predicted octanol–water partition coefficient (Wildman–Crippen LogP) is 0.176. The van der Waals surface area contributed by atoms with E-state index in [0.29, 0.717) is 0 Å². The number of ether oxygens (including phenoxy) is 1. The van der Waals surface area contributed by atoms with Gasteiger partial charge in [0.1, 0.15) is 0 Å². The number of rotatable bonds is 2. The number of oxime groups is 1. The summed E-state index contributed by atoms with van der Waals surface area (Å²) in [4.78, 5) is 10.2. The zero-order valence-corrected chi connectivity index (χ0v) is 4.94. The third-order valence-corrected chi connectivity index (χ3v) is 0.586. The molecule has 0 fully saturated rings. The van der Waals surface area contributed by atoms with Crippen LogP contribution in [0.5, 0.6) is 0 Å². The quantitative estimate of drug-likeness (QED) is 0.190. The lowest BCUT2D eigenvalue weighted by molar-refractivity contribution is -0.134. The maximum Gasteiger partial charge on any atom is 0.330 e. The van der Waals surface area contributed by atoms with Crippen LogP contribution in [0.4, 0.5) is 0 Å². The number of carbonyl (C=O) groups is 1. The lowest BCUT2D eigenvalue weighted by Crippen LogP contribution is -1.93. The molecule has 1 N–H and O–H groups in total. The molecule has 0 aliphatic rings. The van der Waals surface area contributed by atoms with Crippen LogP contribution < -0.4 is 0 Å². The first-order valence-corrected chi connectivity index (χ1v) is 2.23. The Kier molecular flexibility index (Phi) is 4.12. The second kappa shape index (κ2) is 4.83. The lowest BCUT2D eigenvalue weighted by atomic mass is 10.5. The molecule has 0 amide bonds. The van der Waals surface area contributed by atoms with Gasteiger partial charge >= 0.3 is 5.97 Å². The molecule has 0 aromatic rings. The highest BCUT2D eigenvalue weighted by Gasteiger charge is 1.85. The van der Waals surface area contributed by atoms with Crippen molar-refractivity contribution in [2.24, 2.45) is 5.16 Å². The summed E-state index contributed by atoms with van der Waals surface area (Å²) in [6, 6.07) is 0. The van der Waals surface area contributed by atoms with Crippen molar-refractivity contribution >= 4 is 12.2 Å². The normalized spacial score (nSPS) is 10.8. The summed E-state index contributed by atoms with van der Waals surface area (Å²) < 4.78 is 4.23. The van der Waals surface area contributed by atoms with Gasteiger partial charge in [0.05, 0.1) is 13.3 Å². The van der Waals surface area contributed by atoms with Crippen LogP contribution in [0.1, 0.15) is 0 Å². The van der Waals surface area contributed by atoms with Crippen LogP contribution in [-0.2, 0) is 9.53 Å². The van der Waals surface area contributed by atoms with E-state index in [0.717, 1.165) is 12.3 Å². The zero-order chi connectivity index (χ0) is 7.11. The molecule has 4 nitrogen and oxygen atoms in total. The zero-order valence-electron chi connectivity index (χ0n) is 4.94.